The molecule has 0 radical (unpaired) electrons. The molecule has 0 spiro atoms. The van der Waals surface area contributed by atoms with Gasteiger partial charge in [-0.05, 0) is 18.2 Å². The molecular weight excluding hydrogens is 386 g/mol. The summed E-state index contributed by atoms with van der Waals surface area (Å²) in [4.78, 5) is 14.6. The van der Waals surface area contributed by atoms with Crippen molar-refractivity contribution in [2.45, 2.75) is 4.90 Å². The summed E-state index contributed by atoms with van der Waals surface area (Å²) in [5, 5.41) is 17.3. The third-order valence-electron chi connectivity index (χ3n) is 4.18. The Bertz CT molecular complexity index is 917. The van der Waals surface area contributed by atoms with Gasteiger partial charge in [-0.25, -0.2) is 13.4 Å². The lowest BCUT2D eigenvalue weighted by Gasteiger charge is -2.27. The Morgan fingerprint density at radius 3 is 2.57 bits per heavy atom. The van der Waals surface area contributed by atoms with E-state index in [0.29, 0.717) is 37.8 Å². The van der Waals surface area contributed by atoms with Gasteiger partial charge in [-0.3, -0.25) is 10.1 Å². The van der Waals surface area contributed by atoms with Crippen LogP contribution in [0, 0.1) is 10.1 Å². The molecule has 1 aromatic heterocycles. The molecule has 1 aliphatic rings. The van der Waals surface area contributed by atoms with Crippen molar-refractivity contribution in [1.29, 1.82) is 0 Å². The molecule has 1 fully saturated rings. The number of ether oxygens (including phenoxy) is 1. The Balaban J connectivity index is 1.77. The Kier molecular flexibility index (Phi) is 6.39. The Labute approximate surface area is 162 Å². The molecule has 11 heteroatoms. The van der Waals surface area contributed by atoms with E-state index in [2.05, 4.69) is 15.6 Å². The highest BCUT2D eigenvalue weighted by Crippen LogP contribution is 2.29. The molecule has 150 valence electrons. The molecule has 10 nitrogen and oxygen atoms in total. The number of pyridine rings is 1. The second-order valence-electron chi connectivity index (χ2n) is 6.02. The van der Waals surface area contributed by atoms with Crippen LogP contribution in [0.3, 0.4) is 0 Å². The summed E-state index contributed by atoms with van der Waals surface area (Å²) in [5.41, 5.74) is 0.0453. The summed E-state index contributed by atoms with van der Waals surface area (Å²) < 4.78 is 32.5. The second kappa shape index (κ2) is 8.95. The van der Waals surface area contributed by atoms with Crippen molar-refractivity contribution < 1.29 is 18.1 Å². The quantitative estimate of drug-likeness (QED) is 0.383. The smallest absolute Gasteiger partial charge is 0.270 e. The molecule has 2 N–H and O–H groups in total. The number of hydrogen-bond acceptors (Lipinski definition) is 8. The third kappa shape index (κ3) is 4.74. The van der Waals surface area contributed by atoms with Crippen molar-refractivity contribution in [2.75, 3.05) is 50.0 Å². The predicted molar refractivity (Wildman–Crippen MR) is 104 cm³/mol. The highest BCUT2D eigenvalue weighted by molar-refractivity contribution is 7.89. The second-order valence-corrected chi connectivity index (χ2v) is 7.93. The van der Waals surface area contributed by atoms with Crippen molar-refractivity contribution in [3.8, 4) is 0 Å². The highest BCUT2D eigenvalue weighted by atomic mass is 32.2. The molecule has 28 heavy (non-hydrogen) atoms. The van der Waals surface area contributed by atoms with Crippen LogP contribution in [0.2, 0.25) is 0 Å². The first-order valence-corrected chi connectivity index (χ1v) is 10.2. The zero-order chi connectivity index (χ0) is 20.0. The molecular formula is C17H21N5O5S. The van der Waals surface area contributed by atoms with Crippen LogP contribution in [0.25, 0.3) is 0 Å². The van der Waals surface area contributed by atoms with Gasteiger partial charge >= 0.3 is 0 Å². The Morgan fingerprint density at radius 1 is 1.14 bits per heavy atom. The van der Waals surface area contributed by atoms with Gasteiger partial charge in [0.25, 0.3) is 5.69 Å². The van der Waals surface area contributed by atoms with E-state index in [1.807, 2.05) is 18.2 Å². The lowest BCUT2D eigenvalue weighted by molar-refractivity contribution is -0.385. The van der Waals surface area contributed by atoms with Gasteiger partial charge < -0.3 is 15.4 Å². The predicted octanol–water partition coefficient (Wildman–Crippen LogP) is 1.53. The number of aromatic nitrogens is 1. The molecule has 2 heterocycles. The van der Waals surface area contributed by atoms with Gasteiger partial charge in [-0.2, -0.15) is 4.31 Å². The van der Waals surface area contributed by atoms with E-state index in [9.17, 15) is 18.5 Å². The summed E-state index contributed by atoms with van der Waals surface area (Å²) in [6.45, 7) is 1.91. The van der Waals surface area contributed by atoms with Gasteiger partial charge in [-0.15, -0.1) is 0 Å². The molecule has 0 saturated carbocycles. The van der Waals surface area contributed by atoms with Crippen LogP contribution < -0.4 is 10.6 Å². The number of nitrogens with zero attached hydrogens (tertiary/aromatic N) is 3. The maximum atomic E-state index is 13.0. The van der Waals surface area contributed by atoms with Gasteiger partial charge in [0.05, 0.1) is 23.8 Å². The third-order valence-corrected chi connectivity index (χ3v) is 6.11. The van der Waals surface area contributed by atoms with Crippen LogP contribution in [0.5, 0.6) is 0 Å². The van der Waals surface area contributed by atoms with Crippen molar-refractivity contribution in [3.05, 3.63) is 52.7 Å². The molecule has 0 aliphatic carbocycles. The topological polar surface area (TPSA) is 127 Å². The van der Waals surface area contributed by atoms with E-state index in [1.54, 1.807) is 6.20 Å². The van der Waals surface area contributed by atoms with Gasteiger partial charge in [0.15, 0.2) is 0 Å². The average Bonchev–Trinajstić information content (AvgIpc) is 2.72. The number of rotatable bonds is 8. The van der Waals surface area contributed by atoms with E-state index in [-0.39, 0.29) is 23.7 Å². The number of non-ortho nitro benzene ring substituents is 1. The number of anilines is 2. The van der Waals surface area contributed by atoms with Crippen molar-refractivity contribution in [2.24, 2.45) is 0 Å². The fraction of sp³-hybridized carbons (Fsp3) is 0.353. The number of benzene rings is 1. The zero-order valence-electron chi connectivity index (χ0n) is 15.1. The van der Waals surface area contributed by atoms with Crippen molar-refractivity contribution in [1.82, 2.24) is 9.29 Å². The fourth-order valence-corrected chi connectivity index (χ4v) is 4.36. The van der Waals surface area contributed by atoms with Crippen LogP contribution >= 0.6 is 0 Å². The van der Waals surface area contributed by atoms with E-state index in [1.165, 1.54) is 16.4 Å². The lowest BCUT2D eigenvalue weighted by atomic mass is 10.3. The van der Waals surface area contributed by atoms with Crippen LogP contribution in [0.4, 0.5) is 17.2 Å². The number of nitrogens with one attached hydrogen (secondary N) is 2. The maximum Gasteiger partial charge on any atom is 0.270 e. The van der Waals surface area contributed by atoms with Crippen LogP contribution in [-0.2, 0) is 14.8 Å². The minimum atomic E-state index is -3.88. The molecule has 0 amide bonds. The van der Waals surface area contributed by atoms with E-state index >= 15 is 0 Å². The lowest BCUT2D eigenvalue weighted by Crippen LogP contribution is -2.40. The van der Waals surface area contributed by atoms with E-state index < -0.39 is 14.9 Å². The summed E-state index contributed by atoms with van der Waals surface area (Å²) in [5.74, 6) is 0.703. The molecule has 3 rings (SSSR count). The Morgan fingerprint density at radius 2 is 1.89 bits per heavy atom. The largest absolute Gasteiger partial charge is 0.382 e. The minimum Gasteiger partial charge on any atom is -0.382 e. The maximum absolute atomic E-state index is 13.0. The van der Waals surface area contributed by atoms with Crippen molar-refractivity contribution >= 4 is 27.2 Å². The molecule has 1 saturated heterocycles. The van der Waals surface area contributed by atoms with Crippen LogP contribution in [0.15, 0.2) is 47.5 Å². The molecule has 0 bridgehead atoms. The first kappa shape index (κ1) is 20.0. The highest BCUT2D eigenvalue weighted by Gasteiger charge is 2.30. The number of sulfonamides is 1. The fourth-order valence-electron chi connectivity index (χ4n) is 2.77. The minimum absolute atomic E-state index is 0.110. The monoisotopic (exact) mass is 407 g/mol. The van der Waals surface area contributed by atoms with E-state index in [4.69, 9.17) is 4.74 Å². The SMILES string of the molecule is O=[N+]([O-])c1ccc(NCCNc2ccccn2)c(S(=O)(=O)N2CCOCC2)c1. The zero-order valence-corrected chi connectivity index (χ0v) is 15.9. The standard InChI is InChI=1S/C17H21N5O5S/c23-22(24)14-4-5-15(18-7-8-20-17-3-1-2-6-19-17)16(13-14)28(25,26)21-9-11-27-12-10-21/h1-6,13,18H,7-12H2,(H,19,20). The van der Waals surface area contributed by atoms with E-state index in [0.717, 1.165) is 6.07 Å². The summed E-state index contributed by atoms with van der Waals surface area (Å²) in [6, 6.07) is 9.29. The number of nitro groups is 1. The number of morpholine rings is 1. The van der Waals surface area contributed by atoms with Crippen molar-refractivity contribution in [3.63, 3.8) is 0 Å². The first-order chi connectivity index (χ1) is 13.5. The average molecular weight is 407 g/mol. The summed E-state index contributed by atoms with van der Waals surface area (Å²) >= 11 is 0. The van der Waals surface area contributed by atoms with Crippen LogP contribution in [-0.4, -0.2) is 62.0 Å². The van der Waals surface area contributed by atoms with Gasteiger partial charge in [0, 0.05) is 44.5 Å². The molecule has 2 aromatic rings. The van der Waals surface area contributed by atoms with Crippen LogP contribution in [0.1, 0.15) is 0 Å². The summed E-state index contributed by atoms with van der Waals surface area (Å²) in [7, 11) is -3.88. The molecule has 1 aromatic carbocycles. The molecule has 0 unspecified atom stereocenters. The van der Waals surface area contributed by atoms with Gasteiger partial charge in [0.1, 0.15) is 10.7 Å². The van der Waals surface area contributed by atoms with Gasteiger partial charge in [-0.1, -0.05) is 6.07 Å². The first-order valence-electron chi connectivity index (χ1n) is 8.73. The normalized spacial score (nSPS) is 15.1. The Hall–Kier alpha value is -2.76. The number of nitro benzene ring substituents is 1. The van der Waals surface area contributed by atoms with Gasteiger partial charge in [0.2, 0.25) is 10.0 Å². The molecule has 1 aliphatic heterocycles. The molecule has 0 atom stereocenters. The number of hydrogen-bond donors (Lipinski definition) is 2. The summed E-state index contributed by atoms with van der Waals surface area (Å²) in [6.07, 6.45) is 1.67.